The highest BCUT2D eigenvalue weighted by atomic mass is 32.1. The lowest BCUT2D eigenvalue weighted by atomic mass is 9.97. The number of amides is 1. The first-order chi connectivity index (χ1) is 13.9. The second-order valence-electron chi connectivity index (χ2n) is 7.24. The van der Waals surface area contributed by atoms with Crippen molar-refractivity contribution in [1.82, 2.24) is 9.88 Å². The number of aromatic nitrogens is 1. The van der Waals surface area contributed by atoms with Crippen molar-refractivity contribution >= 4 is 33.1 Å². The standard InChI is InChI=1S/C21H20F3N3OS/c1-12(20(28)25-16-9-8-14(22)18(23)19(16)24)27-10-4-5-13(11-27)21-26-15-6-2-3-7-17(15)29-21/h2-3,6-9,12-13H,4-5,10-11H2,1H3,(H,25,28)/t12-,13+/m1/s1. The Morgan fingerprint density at radius 1 is 1.21 bits per heavy atom. The topological polar surface area (TPSA) is 45.2 Å². The normalized spacial score (nSPS) is 18.7. The number of para-hydroxylation sites is 1. The predicted octanol–water partition coefficient (Wildman–Crippen LogP) is 4.92. The molecule has 1 fully saturated rings. The highest BCUT2D eigenvalue weighted by Gasteiger charge is 2.30. The molecule has 29 heavy (non-hydrogen) atoms. The summed E-state index contributed by atoms with van der Waals surface area (Å²) in [7, 11) is 0. The molecule has 0 spiro atoms. The van der Waals surface area contributed by atoms with Crippen LogP contribution in [0.3, 0.4) is 0 Å². The van der Waals surface area contributed by atoms with Gasteiger partial charge in [-0.15, -0.1) is 11.3 Å². The Kier molecular flexibility index (Phi) is 5.56. The maximum absolute atomic E-state index is 13.9. The number of likely N-dealkylation sites (tertiary alicyclic amines) is 1. The van der Waals surface area contributed by atoms with E-state index in [-0.39, 0.29) is 11.6 Å². The van der Waals surface area contributed by atoms with Gasteiger partial charge in [0.25, 0.3) is 0 Å². The van der Waals surface area contributed by atoms with E-state index in [4.69, 9.17) is 4.98 Å². The quantitative estimate of drug-likeness (QED) is 0.611. The molecule has 2 heterocycles. The number of nitrogens with one attached hydrogen (secondary N) is 1. The van der Waals surface area contributed by atoms with Crippen molar-refractivity contribution < 1.29 is 18.0 Å². The number of carbonyl (C=O) groups is 1. The van der Waals surface area contributed by atoms with Gasteiger partial charge in [-0.05, 0) is 50.6 Å². The highest BCUT2D eigenvalue weighted by Crippen LogP contribution is 2.33. The van der Waals surface area contributed by atoms with Gasteiger partial charge in [0.15, 0.2) is 17.5 Å². The lowest BCUT2D eigenvalue weighted by Crippen LogP contribution is -2.46. The summed E-state index contributed by atoms with van der Waals surface area (Å²) < 4.78 is 41.5. The van der Waals surface area contributed by atoms with Crippen molar-refractivity contribution in [2.75, 3.05) is 18.4 Å². The van der Waals surface area contributed by atoms with Crippen LogP contribution in [0, 0.1) is 17.5 Å². The van der Waals surface area contributed by atoms with E-state index in [0.29, 0.717) is 6.54 Å². The summed E-state index contributed by atoms with van der Waals surface area (Å²) in [5.74, 6) is -4.51. The van der Waals surface area contributed by atoms with Crippen molar-refractivity contribution in [2.45, 2.75) is 31.7 Å². The van der Waals surface area contributed by atoms with E-state index in [1.165, 1.54) is 0 Å². The summed E-state index contributed by atoms with van der Waals surface area (Å²) >= 11 is 1.67. The Balaban J connectivity index is 1.46. The molecule has 1 aromatic heterocycles. The maximum atomic E-state index is 13.9. The molecule has 8 heteroatoms. The lowest BCUT2D eigenvalue weighted by Gasteiger charge is -2.35. The molecule has 1 aliphatic heterocycles. The van der Waals surface area contributed by atoms with Crippen LogP contribution in [0.4, 0.5) is 18.9 Å². The monoisotopic (exact) mass is 419 g/mol. The Bertz CT molecular complexity index is 1020. The second-order valence-corrected chi connectivity index (χ2v) is 8.30. The van der Waals surface area contributed by atoms with Crippen LogP contribution >= 0.6 is 11.3 Å². The first-order valence-corrected chi connectivity index (χ1v) is 10.3. The molecule has 1 amide bonds. The van der Waals surface area contributed by atoms with Crippen LogP contribution in [0.15, 0.2) is 36.4 Å². The third-order valence-corrected chi connectivity index (χ3v) is 6.53. The van der Waals surface area contributed by atoms with Gasteiger partial charge < -0.3 is 5.32 Å². The second kappa shape index (κ2) is 8.12. The summed E-state index contributed by atoms with van der Waals surface area (Å²) in [6, 6.07) is 9.26. The van der Waals surface area contributed by atoms with E-state index in [0.717, 1.165) is 46.7 Å². The van der Waals surface area contributed by atoms with Crippen LogP contribution in [0.2, 0.25) is 0 Å². The van der Waals surface area contributed by atoms with Crippen molar-refractivity contribution in [3.05, 3.63) is 58.9 Å². The number of nitrogens with zero attached hydrogens (tertiary/aromatic N) is 2. The number of halogens is 3. The van der Waals surface area contributed by atoms with Gasteiger partial charge in [0.2, 0.25) is 5.91 Å². The number of rotatable bonds is 4. The largest absolute Gasteiger partial charge is 0.322 e. The molecular formula is C21H20F3N3OS. The molecule has 2 aromatic carbocycles. The SMILES string of the molecule is C[C@H](C(=O)Nc1ccc(F)c(F)c1F)N1CCC[C@H](c2nc3ccccc3s2)C1. The molecule has 0 aliphatic carbocycles. The van der Waals surface area contributed by atoms with Crippen molar-refractivity contribution in [3.8, 4) is 0 Å². The smallest absolute Gasteiger partial charge is 0.241 e. The van der Waals surface area contributed by atoms with E-state index in [9.17, 15) is 18.0 Å². The van der Waals surface area contributed by atoms with Gasteiger partial charge in [0.1, 0.15) is 0 Å². The summed E-state index contributed by atoms with van der Waals surface area (Å²) in [5, 5.41) is 3.43. The van der Waals surface area contributed by atoms with Crippen LogP contribution in [0.5, 0.6) is 0 Å². The zero-order valence-corrected chi connectivity index (χ0v) is 16.6. The summed E-state index contributed by atoms with van der Waals surface area (Å²) in [4.78, 5) is 19.4. The number of anilines is 1. The Morgan fingerprint density at radius 3 is 2.79 bits per heavy atom. The third-order valence-electron chi connectivity index (χ3n) is 5.33. The van der Waals surface area contributed by atoms with Crippen molar-refractivity contribution in [2.24, 2.45) is 0 Å². The average molecular weight is 419 g/mol. The molecular weight excluding hydrogens is 399 g/mol. The van der Waals surface area contributed by atoms with Gasteiger partial charge in [0, 0.05) is 12.5 Å². The fourth-order valence-electron chi connectivity index (χ4n) is 3.65. The molecule has 1 aliphatic rings. The summed E-state index contributed by atoms with van der Waals surface area (Å²) in [5.41, 5.74) is 0.615. The fraction of sp³-hybridized carbons (Fsp3) is 0.333. The van der Waals surface area contributed by atoms with E-state index >= 15 is 0 Å². The Morgan fingerprint density at radius 2 is 2.00 bits per heavy atom. The molecule has 1 saturated heterocycles. The van der Waals surface area contributed by atoms with E-state index in [2.05, 4.69) is 5.32 Å². The molecule has 2 atom stereocenters. The number of thiazole rings is 1. The minimum absolute atomic E-state index is 0.219. The van der Waals surface area contributed by atoms with Crippen molar-refractivity contribution in [1.29, 1.82) is 0 Å². The van der Waals surface area contributed by atoms with Crippen LogP contribution in [-0.2, 0) is 4.79 Å². The number of piperidine rings is 1. The van der Waals surface area contributed by atoms with Gasteiger partial charge in [-0.2, -0.15) is 0 Å². The molecule has 4 rings (SSSR count). The average Bonchev–Trinajstić information content (AvgIpc) is 3.18. The van der Waals surface area contributed by atoms with Gasteiger partial charge in [-0.3, -0.25) is 9.69 Å². The van der Waals surface area contributed by atoms with Crippen LogP contribution in [0.1, 0.15) is 30.7 Å². The molecule has 0 saturated carbocycles. The summed E-state index contributed by atoms with van der Waals surface area (Å²) in [6.07, 6.45) is 1.90. The molecule has 1 N–H and O–H groups in total. The highest BCUT2D eigenvalue weighted by molar-refractivity contribution is 7.18. The number of benzene rings is 2. The first-order valence-electron chi connectivity index (χ1n) is 9.48. The van der Waals surface area contributed by atoms with Crippen molar-refractivity contribution in [3.63, 3.8) is 0 Å². The predicted molar refractivity (Wildman–Crippen MR) is 108 cm³/mol. The Labute approximate surface area is 170 Å². The molecule has 4 nitrogen and oxygen atoms in total. The lowest BCUT2D eigenvalue weighted by molar-refractivity contribution is -0.121. The first kappa shape index (κ1) is 19.8. The number of fused-ring (bicyclic) bond motifs is 1. The van der Waals surface area contributed by atoms with Crippen LogP contribution in [0.25, 0.3) is 10.2 Å². The fourth-order valence-corrected chi connectivity index (χ4v) is 4.74. The molecule has 152 valence electrons. The number of hydrogen-bond donors (Lipinski definition) is 1. The van der Waals surface area contributed by atoms with E-state index in [1.807, 2.05) is 29.2 Å². The zero-order valence-electron chi connectivity index (χ0n) is 15.8. The van der Waals surface area contributed by atoms with Crippen LogP contribution < -0.4 is 5.32 Å². The molecule has 0 unspecified atom stereocenters. The minimum atomic E-state index is -1.59. The van der Waals surface area contributed by atoms with Gasteiger partial charge in [-0.1, -0.05) is 12.1 Å². The molecule has 3 aromatic rings. The van der Waals surface area contributed by atoms with Gasteiger partial charge >= 0.3 is 0 Å². The van der Waals surface area contributed by atoms with E-state index < -0.39 is 29.4 Å². The van der Waals surface area contributed by atoms with Gasteiger partial charge in [0.05, 0.1) is 27.0 Å². The number of hydrogen-bond acceptors (Lipinski definition) is 4. The molecule has 0 bridgehead atoms. The zero-order chi connectivity index (χ0) is 20.5. The number of carbonyl (C=O) groups excluding carboxylic acids is 1. The molecule has 0 radical (unpaired) electrons. The third kappa shape index (κ3) is 4.00. The van der Waals surface area contributed by atoms with Gasteiger partial charge in [-0.25, -0.2) is 18.2 Å². The summed E-state index contributed by atoms with van der Waals surface area (Å²) in [6.45, 7) is 3.12. The van der Waals surface area contributed by atoms with E-state index in [1.54, 1.807) is 18.3 Å². The Hall–Kier alpha value is -2.45. The van der Waals surface area contributed by atoms with Crippen LogP contribution in [-0.4, -0.2) is 34.9 Å². The minimum Gasteiger partial charge on any atom is -0.322 e. The maximum Gasteiger partial charge on any atom is 0.241 e.